The minimum atomic E-state index is -3.30. The molecule has 136 valence electrons. The lowest BCUT2D eigenvalue weighted by molar-refractivity contribution is 0.265. The van der Waals surface area contributed by atoms with Crippen LogP contribution in [0.3, 0.4) is 0 Å². The van der Waals surface area contributed by atoms with Crippen molar-refractivity contribution >= 4 is 18.4 Å². The van der Waals surface area contributed by atoms with E-state index in [2.05, 4.69) is 30.3 Å². The molecule has 0 bridgehead atoms. The Labute approximate surface area is 154 Å². The van der Waals surface area contributed by atoms with Crippen LogP contribution in [0.1, 0.15) is 16.8 Å². The van der Waals surface area contributed by atoms with E-state index in [1.165, 1.54) is 19.6 Å². The summed E-state index contributed by atoms with van der Waals surface area (Å²) in [6, 6.07) is 22.0. The molecule has 0 N–H and O–H groups in total. The normalized spacial score (nSPS) is 12.9. The van der Waals surface area contributed by atoms with E-state index in [4.69, 9.17) is 13.8 Å². The van der Waals surface area contributed by atoms with Crippen LogP contribution in [0.2, 0.25) is 0 Å². The molecule has 0 radical (unpaired) electrons. The summed E-state index contributed by atoms with van der Waals surface area (Å²) in [7, 11) is 1.18. The van der Waals surface area contributed by atoms with Crippen molar-refractivity contribution < 1.29 is 18.3 Å². The molecule has 3 aromatic carbocycles. The fourth-order valence-corrected chi connectivity index (χ4v) is 4.79. The molecule has 0 amide bonds. The van der Waals surface area contributed by atoms with Crippen molar-refractivity contribution in [3.63, 3.8) is 0 Å². The van der Waals surface area contributed by atoms with Gasteiger partial charge in [0.1, 0.15) is 5.75 Å². The zero-order valence-corrected chi connectivity index (χ0v) is 16.1. The van der Waals surface area contributed by atoms with Gasteiger partial charge in [0, 0.05) is 14.2 Å². The maximum absolute atomic E-state index is 13.2. The van der Waals surface area contributed by atoms with Crippen LogP contribution in [0.15, 0.2) is 66.7 Å². The monoisotopic (exact) mass is 370 g/mol. The van der Waals surface area contributed by atoms with E-state index in [9.17, 15) is 4.57 Å². The molecule has 0 aliphatic rings. The highest BCUT2D eigenvalue weighted by Crippen LogP contribution is 2.61. The van der Waals surface area contributed by atoms with Gasteiger partial charge in [-0.25, -0.2) is 0 Å². The van der Waals surface area contributed by atoms with Gasteiger partial charge in [-0.3, -0.25) is 4.57 Å². The lowest BCUT2D eigenvalue weighted by Gasteiger charge is -2.25. The Bertz CT molecular complexity index is 913. The first-order valence-electron chi connectivity index (χ1n) is 8.42. The molecule has 0 aliphatic heterocycles. The van der Waals surface area contributed by atoms with Crippen molar-refractivity contribution in [2.45, 2.75) is 12.1 Å². The molecule has 1 atom stereocenters. The molecule has 0 aromatic heterocycles. The van der Waals surface area contributed by atoms with Crippen LogP contribution in [0, 0.1) is 0 Å². The Kier molecular flexibility index (Phi) is 5.77. The summed E-state index contributed by atoms with van der Waals surface area (Å²) in [5, 5.41) is 2.34. The molecule has 26 heavy (non-hydrogen) atoms. The molecule has 3 rings (SSSR count). The minimum absolute atomic E-state index is 0.399. The molecule has 0 saturated carbocycles. The summed E-state index contributed by atoms with van der Waals surface area (Å²) in [4.78, 5) is 0. The van der Waals surface area contributed by atoms with Gasteiger partial charge in [0.25, 0.3) is 0 Å². The lowest BCUT2D eigenvalue weighted by atomic mass is 10.0. The lowest BCUT2D eigenvalue weighted by Crippen LogP contribution is -2.07. The Hall–Kier alpha value is -2.13. The topological polar surface area (TPSA) is 44.8 Å². The Morgan fingerprint density at radius 3 is 2.12 bits per heavy atom. The average Bonchev–Trinajstić information content (AvgIpc) is 2.71. The summed E-state index contributed by atoms with van der Waals surface area (Å²) >= 11 is 0. The average molecular weight is 370 g/mol. The summed E-state index contributed by atoms with van der Waals surface area (Å²) in [5.41, 5.74) is 1.58. The molecule has 0 spiro atoms. The fourth-order valence-electron chi connectivity index (χ4n) is 3.16. The van der Waals surface area contributed by atoms with Crippen LogP contribution in [-0.2, 0) is 20.0 Å². The van der Waals surface area contributed by atoms with Crippen molar-refractivity contribution in [3.05, 3.63) is 77.9 Å². The number of fused-ring (bicyclic) bond motifs is 1. The molecular formula is C21H23O4P. The van der Waals surface area contributed by atoms with E-state index in [1.54, 1.807) is 7.11 Å². The van der Waals surface area contributed by atoms with Crippen molar-refractivity contribution in [1.82, 2.24) is 0 Å². The Morgan fingerprint density at radius 1 is 0.846 bits per heavy atom. The largest absolute Gasteiger partial charge is 0.497 e. The summed E-state index contributed by atoms with van der Waals surface area (Å²) < 4.78 is 29.1. The van der Waals surface area contributed by atoms with Crippen molar-refractivity contribution in [3.8, 4) is 5.75 Å². The van der Waals surface area contributed by atoms with E-state index in [0.717, 1.165) is 22.3 Å². The third kappa shape index (κ3) is 3.83. The second-order valence-corrected chi connectivity index (χ2v) is 8.51. The Morgan fingerprint density at radius 2 is 1.50 bits per heavy atom. The highest BCUT2D eigenvalue weighted by molar-refractivity contribution is 7.54. The standard InChI is InChI=1S/C21H23O4P/c1-23-20-12-10-18(11-13-20)21(26(22,24-2)25-3)15-16-8-9-17-6-4-5-7-19(17)14-16/h4-14,21H,15H2,1-3H3. The first kappa shape index (κ1) is 18.7. The van der Waals surface area contributed by atoms with Gasteiger partial charge in [0.2, 0.25) is 0 Å². The van der Waals surface area contributed by atoms with Crippen LogP contribution in [0.25, 0.3) is 10.8 Å². The molecule has 0 aliphatic carbocycles. The van der Waals surface area contributed by atoms with E-state index < -0.39 is 13.3 Å². The van der Waals surface area contributed by atoms with Gasteiger partial charge in [-0.1, -0.05) is 54.6 Å². The third-order valence-corrected chi connectivity index (χ3v) is 6.90. The van der Waals surface area contributed by atoms with Crippen LogP contribution in [0.4, 0.5) is 0 Å². The molecule has 0 saturated heterocycles. The van der Waals surface area contributed by atoms with E-state index >= 15 is 0 Å². The van der Waals surface area contributed by atoms with Crippen molar-refractivity contribution in [2.24, 2.45) is 0 Å². The van der Waals surface area contributed by atoms with Crippen LogP contribution < -0.4 is 4.74 Å². The summed E-state index contributed by atoms with van der Waals surface area (Å²) in [5.74, 6) is 0.753. The molecule has 5 heteroatoms. The molecule has 0 heterocycles. The van der Waals surface area contributed by atoms with Gasteiger partial charge in [-0.2, -0.15) is 0 Å². The number of methoxy groups -OCH3 is 1. The van der Waals surface area contributed by atoms with E-state index in [1.807, 2.05) is 36.4 Å². The van der Waals surface area contributed by atoms with Crippen molar-refractivity contribution in [2.75, 3.05) is 21.3 Å². The molecule has 1 unspecified atom stereocenters. The predicted octanol–water partition coefficient (Wildman–Crippen LogP) is 5.62. The van der Waals surface area contributed by atoms with Crippen LogP contribution in [-0.4, -0.2) is 21.3 Å². The van der Waals surface area contributed by atoms with Crippen LogP contribution in [0.5, 0.6) is 5.75 Å². The van der Waals surface area contributed by atoms with Gasteiger partial charge < -0.3 is 13.8 Å². The van der Waals surface area contributed by atoms with E-state index in [-0.39, 0.29) is 0 Å². The molecule has 0 fully saturated rings. The quantitative estimate of drug-likeness (QED) is 0.507. The van der Waals surface area contributed by atoms with Gasteiger partial charge in [-0.05, 0) is 40.5 Å². The third-order valence-electron chi connectivity index (χ3n) is 4.63. The Balaban J connectivity index is 1.99. The first-order chi connectivity index (χ1) is 12.6. The van der Waals surface area contributed by atoms with E-state index in [0.29, 0.717) is 6.42 Å². The van der Waals surface area contributed by atoms with Gasteiger partial charge in [-0.15, -0.1) is 0 Å². The summed E-state index contributed by atoms with van der Waals surface area (Å²) in [6.45, 7) is 0. The minimum Gasteiger partial charge on any atom is -0.497 e. The SMILES string of the molecule is COc1ccc(C(Cc2ccc3ccccc3c2)P(=O)(OC)OC)cc1. The van der Waals surface area contributed by atoms with Crippen molar-refractivity contribution in [1.29, 1.82) is 0 Å². The summed E-state index contributed by atoms with van der Waals surface area (Å²) in [6.07, 6.45) is 0.552. The molecular weight excluding hydrogens is 347 g/mol. The maximum atomic E-state index is 13.2. The predicted molar refractivity (Wildman–Crippen MR) is 105 cm³/mol. The molecule has 4 nitrogen and oxygen atoms in total. The highest BCUT2D eigenvalue weighted by atomic mass is 31.2. The second-order valence-electron chi connectivity index (χ2n) is 6.08. The number of benzene rings is 3. The first-order valence-corrected chi connectivity index (χ1v) is 10.0. The zero-order valence-electron chi connectivity index (χ0n) is 15.2. The number of hydrogen-bond donors (Lipinski definition) is 0. The highest BCUT2D eigenvalue weighted by Gasteiger charge is 2.35. The van der Waals surface area contributed by atoms with Gasteiger partial charge >= 0.3 is 7.60 Å². The van der Waals surface area contributed by atoms with Crippen LogP contribution >= 0.6 is 7.60 Å². The van der Waals surface area contributed by atoms with Gasteiger partial charge in [0.05, 0.1) is 12.8 Å². The maximum Gasteiger partial charge on any atom is 0.337 e. The smallest absolute Gasteiger partial charge is 0.337 e. The number of rotatable bonds is 7. The van der Waals surface area contributed by atoms with Gasteiger partial charge in [0.15, 0.2) is 0 Å². The zero-order chi connectivity index (χ0) is 18.6. The molecule has 3 aromatic rings. The number of hydrogen-bond acceptors (Lipinski definition) is 4. The fraction of sp³-hybridized carbons (Fsp3) is 0.238. The second kappa shape index (κ2) is 8.05. The number of ether oxygens (including phenoxy) is 1.